The second-order valence-corrected chi connectivity index (χ2v) is 8.22. The second-order valence-electron chi connectivity index (χ2n) is 8.22. The number of benzene rings is 3. The lowest BCUT2D eigenvalue weighted by Gasteiger charge is -2.31. The van der Waals surface area contributed by atoms with Crippen LogP contribution in [0.4, 0.5) is 17.6 Å². The molecule has 0 bridgehead atoms. The van der Waals surface area contributed by atoms with Gasteiger partial charge in [-0.25, -0.2) is 17.6 Å². The predicted molar refractivity (Wildman–Crippen MR) is 117 cm³/mol. The Labute approximate surface area is 187 Å². The molecule has 5 rings (SSSR count). The van der Waals surface area contributed by atoms with Crippen molar-refractivity contribution in [2.45, 2.75) is 18.8 Å². The van der Waals surface area contributed by atoms with Gasteiger partial charge < -0.3 is 9.32 Å². The molecule has 33 heavy (non-hydrogen) atoms. The molecular weight excluding hydrogens is 434 g/mol. The van der Waals surface area contributed by atoms with E-state index in [0.717, 1.165) is 11.5 Å². The van der Waals surface area contributed by atoms with Gasteiger partial charge in [0.05, 0.1) is 6.26 Å². The highest BCUT2D eigenvalue weighted by molar-refractivity contribution is 5.98. The average Bonchev–Trinajstić information content (AvgIpc) is 3.26. The third-order valence-electron chi connectivity index (χ3n) is 6.00. The zero-order chi connectivity index (χ0) is 23.2. The first-order chi connectivity index (χ1) is 15.8. The zero-order valence-corrected chi connectivity index (χ0v) is 17.5. The third kappa shape index (κ3) is 4.11. The number of amides is 1. The molecule has 0 spiro atoms. The van der Waals surface area contributed by atoms with Crippen LogP contribution in [-0.4, -0.2) is 29.8 Å². The summed E-state index contributed by atoms with van der Waals surface area (Å²) < 4.78 is 61.3. The third-order valence-corrected chi connectivity index (χ3v) is 6.00. The number of furan rings is 1. The monoisotopic (exact) mass is 453 g/mol. The Balaban J connectivity index is 1.50. The highest BCUT2D eigenvalue weighted by Crippen LogP contribution is 2.36. The van der Waals surface area contributed by atoms with E-state index in [-0.39, 0.29) is 24.2 Å². The molecule has 0 saturated carbocycles. The van der Waals surface area contributed by atoms with Gasteiger partial charge in [-0.1, -0.05) is 18.2 Å². The zero-order valence-electron chi connectivity index (χ0n) is 17.5. The van der Waals surface area contributed by atoms with Gasteiger partial charge in [-0.15, -0.1) is 0 Å². The lowest BCUT2D eigenvalue weighted by Crippen LogP contribution is -2.42. The summed E-state index contributed by atoms with van der Waals surface area (Å²) in [5, 5.41) is 0.723. The summed E-state index contributed by atoms with van der Waals surface area (Å²) in [6, 6.07) is 15.4. The molecule has 4 aromatic rings. The van der Waals surface area contributed by atoms with Gasteiger partial charge in [0.15, 0.2) is 0 Å². The van der Waals surface area contributed by atoms with E-state index in [4.69, 9.17) is 4.42 Å². The Morgan fingerprint density at radius 1 is 0.879 bits per heavy atom. The number of alkyl halides is 2. The summed E-state index contributed by atoms with van der Waals surface area (Å²) in [5.74, 6) is -4.25. The molecule has 0 N–H and O–H groups in total. The van der Waals surface area contributed by atoms with Gasteiger partial charge in [0.2, 0.25) is 0 Å². The fraction of sp³-hybridized carbons (Fsp3) is 0.192. The predicted octanol–water partition coefficient (Wildman–Crippen LogP) is 6.92. The largest absolute Gasteiger partial charge is 0.464 e. The first-order valence-electron chi connectivity index (χ1n) is 10.5. The van der Waals surface area contributed by atoms with Gasteiger partial charge in [0.25, 0.3) is 11.8 Å². The van der Waals surface area contributed by atoms with Crippen LogP contribution in [0.15, 0.2) is 71.3 Å². The molecule has 0 atom stereocenters. The van der Waals surface area contributed by atoms with Crippen LogP contribution in [0.3, 0.4) is 0 Å². The van der Waals surface area contributed by atoms with E-state index in [1.54, 1.807) is 30.3 Å². The van der Waals surface area contributed by atoms with E-state index in [0.29, 0.717) is 22.3 Å². The standard InChI is InChI=1S/C26H19F4NO2/c27-20-3-1-2-16(13-20)22-14-19(12-17-6-11-33-24(17)22)21-5-4-18(15-23(21)28)25(32)31-9-7-26(29,30)8-10-31/h1-6,11-15H,7-10H2. The highest BCUT2D eigenvalue weighted by atomic mass is 19.3. The Bertz CT molecular complexity index is 1350. The summed E-state index contributed by atoms with van der Waals surface area (Å²) in [4.78, 5) is 14.0. The first kappa shape index (κ1) is 21.2. The summed E-state index contributed by atoms with van der Waals surface area (Å²) in [5.41, 5.74) is 2.66. The maximum Gasteiger partial charge on any atom is 0.253 e. The van der Waals surface area contributed by atoms with Crippen molar-refractivity contribution < 1.29 is 26.8 Å². The maximum absolute atomic E-state index is 15.1. The smallest absolute Gasteiger partial charge is 0.253 e. The minimum absolute atomic E-state index is 0.0661. The maximum atomic E-state index is 15.1. The van der Waals surface area contributed by atoms with Crippen molar-refractivity contribution in [3.05, 3.63) is 84.1 Å². The van der Waals surface area contributed by atoms with Gasteiger partial charge in [-0.2, -0.15) is 0 Å². The van der Waals surface area contributed by atoms with Gasteiger partial charge in [0, 0.05) is 48.0 Å². The van der Waals surface area contributed by atoms with E-state index in [9.17, 15) is 18.0 Å². The van der Waals surface area contributed by atoms with E-state index in [1.165, 1.54) is 35.4 Å². The molecule has 0 radical (unpaired) electrons. The molecule has 0 aliphatic carbocycles. The van der Waals surface area contributed by atoms with E-state index < -0.39 is 36.3 Å². The van der Waals surface area contributed by atoms with Crippen LogP contribution in [0, 0.1) is 11.6 Å². The van der Waals surface area contributed by atoms with Crippen LogP contribution in [0.2, 0.25) is 0 Å². The Morgan fingerprint density at radius 2 is 1.67 bits per heavy atom. The minimum Gasteiger partial charge on any atom is -0.464 e. The molecular formula is C26H19F4NO2. The lowest BCUT2D eigenvalue weighted by atomic mass is 9.95. The van der Waals surface area contributed by atoms with Crippen molar-refractivity contribution in [1.82, 2.24) is 4.90 Å². The molecule has 2 heterocycles. The molecule has 1 fully saturated rings. The summed E-state index contributed by atoms with van der Waals surface area (Å²) in [6.07, 6.45) is 0.720. The Morgan fingerprint density at radius 3 is 2.39 bits per heavy atom. The van der Waals surface area contributed by atoms with Crippen LogP contribution in [-0.2, 0) is 0 Å². The van der Waals surface area contributed by atoms with Crippen LogP contribution < -0.4 is 0 Å². The van der Waals surface area contributed by atoms with Gasteiger partial charge in [0.1, 0.15) is 17.2 Å². The molecule has 3 nitrogen and oxygen atoms in total. The topological polar surface area (TPSA) is 33.5 Å². The Kier molecular flexibility index (Phi) is 5.19. The van der Waals surface area contributed by atoms with E-state index in [1.807, 2.05) is 0 Å². The summed E-state index contributed by atoms with van der Waals surface area (Å²) >= 11 is 0. The summed E-state index contributed by atoms with van der Waals surface area (Å²) in [7, 11) is 0. The van der Waals surface area contributed by atoms with Crippen LogP contribution in [0.5, 0.6) is 0 Å². The number of halogens is 4. The molecule has 7 heteroatoms. The fourth-order valence-corrected chi connectivity index (χ4v) is 4.21. The van der Waals surface area contributed by atoms with Gasteiger partial charge in [-0.05, 0) is 53.6 Å². The van der Waals surface area contributed by atoms with Crippen LogP contribution in [0.1, 0.15) is 23.2 Å². The van der Waals surface area contributed by atoms with Crippen LogP contribution in [0.25, 0.3) is 33.2 Å². The SMILES string of the molecule is O=C(c1ccc(-c2cc(-c3cccc(F)c3)c3occc3c2)c(F)c1)N1CCC(F)(F)CC1. The number of piperidine rings is 1. The average molecular weight is 453 g/mol. The van der Waals surface area contributed by atoms with Gasteiger partial charge >= 0.3 is 0 Å². The molecule has 1 aliphatic heterocycles. The van der Waals surface area contributed by atoms with Crippen LogP contribution >= 0.6 is 0 Å². The van der Waals surface area contributed by atoms with Crippen molar-refractivity contribution in [1.29, 1.82) is 0 Å². The number of rotatable bonds is 3. The molecule has 1 saturated heterocycles. The molecule has 0 unspecified atom stereocenters. The Hall–Kier alpha value is -3.61. The molecule has 1 aromatic heterocycles. The van der Waals surface area contributed by atoms with E-state index in [2.05, 4.69) is 0 Å². The lowest BCUT2D eigenvalue weighted by molar-refractivity contribution is -0.0494. The fourth-order valence-electron chi connectivity index (χ4n) is 4.21. The normalized spacial score (nSPS) is 15.7. The molecule has 3 aromatic carbocycles. The number of carbonyl (C=O) groups is 1. The number of hydrogen-bond acceptors (Lipinski definition) is 2. The first-order valence-corrected chi connectivity index (χ1v) is 10.5. The molecule has 1 amide bonds. The number of hydrogen-bond donors (Lipinski definition) is 0. The quantitative estimate of drug-likeness (QED) is 0.316. The summed E-state index contributed by atoms with van der Waals surface area (Å²) in [6.45, 7) is -0.132. The van der Waals surface area contributed by atoms with Crippen molar-refractivity contribution in [2.75, 3.05) is 13.1 Å². The van der Waals surface area contributed by atoms with Crippen molar-refractivity contribution in [3.63, 3.8) is 0 Å². The highest BCUT2D eigenvalue weighted by Gasteiger charge is 2.35. The number of carbonyl (C=O) groups excluding carboxylic acids is 1. The van der Waals surface area contributed by atoms with Crippen molar-refractivity contribution >= 4 is 16.9 Å². The second kappa shape index (κ2) is 8.06. The van der Waals surface area contributed by atoms with E-state index >= 15 is 4.39 Å². The van der Waals surface area contributed by atoms with Crippen molar-refractivity contribution in [2.24, 2.45) is 0 Å². The molecule has 168 valence electrons. The number of fused-ring (bicyclic) bond motifs is 1. The minimum atomic E-state index is -2.77. The van der Waals surface area contributed by atoms with Gasteiger partial charge in [-0.3, -0.25) is 4.79 Å². The number of likely N-dealkylation sites (tertiary alicyclic amines) is 1. The van der Waals surface area contributed by atoms with Crippen molar-refractivity contribution in [3.8, 4) is 22.3 Å². The molecule has 1 aliphatic rings. The number of nitrogens with zero attached hydrogens (tertiary/aromatic N) is 1.